The second-order valence-electron chi connectivity index (χ2n) is 30.7. The zero-order chi connectivity index (χ0) is 103. The van der Waals surface area contributed by atoms with Gasteiger partial charge in [-0.25, -0.2) is 26.3 Å². The predicted molar refractivity (Wildman–Crippen MR) is 454 cm³/mol. The number of hydrogen-bond acceptors (Lipinski definition) is 49. The number of benzene rings is 2. The lowest BCUT2D eigenvalue weighted by atomic mass is 9.95. The van der Waals surface area contributed by atoms with Crippen molar-refractivity contribution in [1.82, 2.24) is 35.6 Å². The van der Waals surface area contributed by atoms with E-state index in [2.05, 4.69) is 48.6 Å². The second-order valence-corrected chi connectivity index (χ2v) is 40.1. The van der Waals surface area contributed by atoms with E-state index in [9.17, 15) is 174 Å². The molecule has 5 aliphatic rings. The molecule has 0 bridgehead atoms. The van der Waals surface area contributed by atoms with Crippen molar-refractivity contribution in [1.29, 1.82) is 0 Å². The summed E-state index contributed by atoms with van der Waals surface area (Å²) >= 11 is 0. The Bertz CT molecular complexity index is 4760. The average Bonchev–Trinajstić information content (AvgIpc) is 0.838. The number of carbonyl (C=O) groups is 7. The Morgan fingerprint density at radius 2 is 0.848 bits per heavy atom. The molecule has 0 radical (unpaired) electrons. The van der Waals surface area contributed by atoms with Crippen LogP contribution in [0.3, 0.4) is 0 Å². The molecule has 138 heavy (non-hydrogen) atoms. The first kappa shape index (κ1) is 118. The van der Waals surface area contributed by atoms with Crippen LogP contribution in [0.5, 0.6) is 0 Å². The van der Waals surface area contributed by atoms with Crippen LogP contribution in [0.15, 0.2) is 48.5 Å². The highest BCUT2D eigenvalue weighted by Gasteiger charge is 2.59. The van der Waals surface area contributed by atoms with E-state index in [1.807, 2.05) is 0 Å². The van der Waals surface area contributed by atoms with Crippen molar-refractivity contribution in [3.05, 3.63) is 59.7 Å². The first-order valence-electron chi connectivity index (χ1n) is 40.5. The Balaban J connectivity index is 0.911. The van der Waals surface area contributed by atoms with Gasteiger partial charge in [-0.05, 0) is 67.8 Å². The highest BCUT2D eigenvalue weighted by molar-refractivity contribution is 8.77. The number of carboxylic acids is 2. The summed E-state index contributed by atoms with van der Waals surface area (Å²) in [6.07, 6.45) is -58.4. The molecule has 5 fully saturated rings. The van der Waals surface area contributed by atoms with E-state index in [0.29, 0.717) is 11.7 Å². The summed E-state index contributed by atoms with van der Waals surface area (Å²) in [5.41, 5.74) is 0.266. The van der Waals surface area contributed by atoms with Gasteiger partial charge in [-0.3, -0.25) is 51.3 Å². The highest BCUT2D eigenvalue weighted by atomic mass is 33.1. The van der Waals surface area contributed by atoms with E-state index in [4.69, 9.17) is 56.5 Å². The average molecular weight is 2160 g/mol. The van der Waals surface area contributed by atoms with Gasteiger partial charge in [-0.15, -0.1) is 0 Å². The number of aliphatic carboxylic acids is 2. The summed E-state index contributed by atoms with van der Waals surface area (Å²) in [6.45, 7) is -8.72. The number of nitrogens with zero attached hydrogens (tertiary/aromatic N) is 1. The first-order valence-corrected chi connectivity index (χ1v) is 51.2. The summed E-state index contributed by atoms with van der Waals surface area (Å²) in [4.78, 5) is 92.6. The van der Waals surface area contributed by atoms with E-state index in [1.54, 1.807) is 21.6 Å². The van der Waals surface area contributed by atoms with Crippen LogP contribution in [0.1, 0.15) is 52.8 Å². The molecule has 13 unspecified atom stereocenters. The molecular weight excluding hydrogens is 2050 g/mol. The normalized spacial score (nSPS) is 28.6. The highest BCUT2D eigenvalue weighted by Crippen LogP contribution is 2.41. The van der Waals surface area contributed by atoms with E-state index in [-0.39, 0.29) is 55.1 Å². The minimum absolute atomic E-state index is 0.0109. The molecule has 0 aromatic heterocycles. The van der Waals surface area contributed by atoms with Crippen LogP contribution in [-0.2, 0) is 150 Å². The van der Waals surface area contributed by atoms with Crippen molar-refractivity contribution >= 4 is 137 Å². The number of hydrogen-bond donors (Lipinski definition) is 28. The van der Waals surface area contributed by atoms with Gasteiger partial charge in [0.25, 0.3) is 11.8 Å². The molecule has 5 aliphatic heterocycles. The zero-order valence-electron chi connectivity index (χ0n) is 71.7. The lowest BCUT2D eigenvalue weighted by molar-refractivity contribution is -0.340. The van der Waals surface area contributed by atoms with E-state index < -0.39 is 328 Å². The molecule has 2 aromatic carbocycles. The molecule has 62 nitrogen and oxygen atoms in total. The predicted octanol–water partition coefficient (Wildman–Crippen LogP) is -12.8. The Morgan fingerprint density at radius 1 is 0.464 bits per heavy atom. The van der Waals surface area contributed by atoms with Crippen LogP contribution in [0.4, 0.5) is 11.4 Å². The molecular formula is C68H107N9O53S8. The number of aliphatic hydroxyl groups excluding tert-OH is 12. The number of carboxylic acid groups (broad SMARTS) is 2. The summed E-state index contributed by atoms with van der Waals surface area (Å²) in [6, 6.07) is 5.65. The number of amides is 5. The van der Waals surface area contributed by atoms with Crippen molar-refractivity contribution in [2.24, 2.45) is 0 Å². The van der Waals surface area contributed by atoms with E-state index >= 15 is 0 Å². The lowest BCUT2D eigenvalue weighted by Crippen LogP contribution is -2.68. The number of carbonyl (C=O) groups excluding carboxylic acids is 5. The first-order chi connectivity index (χ1) is 64.3. The monoisotopic (exact) mass is 2150 g/mol. The minimum atomic E-state index is -5.77. The quantitative estimate of drug-likeness (QED) is 0.0166. The van der Waals surface area contributed by atoms with Gasteiger partial charge in [0.1, 0.15) is 110 Å². The number of nitrogens with one attached hydrogen (secondary N) is 8. The molecule has 5 amide bonds. The van der Waals surface area contributed by atoms with Gasteiger partial charge in [0, 0.05) is 93.4 Å². The maximum Gasteiger partial charge on any atom is 0.397 e. The van der Waals surface area contributed by atoms with E-state index in [1.165, 1.54) is 58.0 Å². The molecule has 0 spiro atoms. The summed E-state index contributed by atoms with van der Waals surface area (Å²) < 4.78 is 272. The van der Waals surface area contributed by atoms with Crippen LogP contribution in [0, 0.1) is 0 Å². The smallest absolute Gasteiger partial charge is 0.397 e. The Kier molecular flexibility index (Phi) is 45.7. The molecule has 2 aromatic rings. The van der Waals surface area contributed by atoms with Crippen LogP contribution in [0.2, 0.25) is 0 Å². The fourth-order valence-corrected chi connectivity index (χ4v) is 19.7. The number of anilines is 2. The maximum absolute atomic E-state index is 13.8. The van der Waals surface area contributed by atoms with Crippen LogP contribution >= 0.6 is 21.6 Å². The van der Waals surface area contributed by atoms with Crippen molar-refractivity contribution in [3.63, 3.8) is 0 Å². The summed E-state index contributed by atoms with van der Waals surface area (Å²) in [7, 11) is -27.6. The summed E-state index contributed by atoms with van der Waals surface area (Å²) in [5, 5.41) is 168. The second kappa shape index (κ2) is 53.3. The molecule has 29 atom stereocenters. The summed E-state index contributed by atoms with van der Waals surface area (Å²) in [5.74, 6) is -6.58. The molecule has 5 heterocycles. The number of rotatable bonds is 57. The third-order valence-corrected chi connectivity index (χ3v) is 26.7. The van der Waals surface area contributed by atoms with Crippen LogP contribution in [-0.4, -0.2) is 471 Å². The van der Waals surface area contributed by atoms with E-state index in [0.717, 1.165) is 44.1 Å². The van der Waals surface area contributed by atoms with Gasteiger partial charge < -0.3 is 156 Å². The zero-order valence-corrected chi connectivity index (χ0v) is 78.3. The number of ether oxygens (including phenoxy) is 10. The molecule has 5 saturated heterocycles. The molecule has 28 N–H and O–H groups in total. The van der Waals surface area contributed by atoms with Gasteiger partial charge in [-0.2, -0.15) is 60.0 Å². The maximum atomic E-state index is 13.8. The molecule has 790 valence electrons. The molecule has 0 aliphatic carbocycles. The number of aliphatic hydroxyl groups is 12. The van der Waals surface area contributed by atoms with Gasteiger partial charge in [0.15, 0.2) is 49.6 Å². The fraction of sp³-hybridized carbons (Fsp3) is 0.721. The lowest BCUT2D eigenvalue weighted by Gasteiger charge is -2.47. The topological polar surface area (TPSA) is 958 Å². The number of unbranched alkanes of at least 4 members (excludes halogenated alkanes) is 1. The minimum Gasteiger partial charge on any atom is -0.479 e. The molecule has 70 heteroatoms. The van der Waals surface area contributed by atoms with Crippen molar-refractivity contribution < 1.29 is 247 Å². The standard InChI is InChI=1S/C68H107N9O53S8/c1-117-53-38(27-121-135(105,106)107)123-65(43(49(53)89)75-133(99,100)101)125-55-51(91)57(129-137(111,112)113)67(127-59(55)63(95)96)119-25-36(80)47(87)45(85)34(78)21-71-31-11-7-29(8-12-31)61(93)69-16-18-77(42(84)24-74-41(83)23-73-40(82)6-4-3-5-33-15-20-131-132-33)19-17-70-62(94)30-9-13-32(14-10-30)72-22-35(79)46(86)48(88)37(81)26-120-68-58(130-138(114,115)116)52(92)56(60(128-68)64(97)98)126-66-44(76-134(102,103)104)50(90)54(118-2)39(124-66)28-122-136(108,109)110/h7-14,33-39,43-60,65-68,71-72,75-76,78-81,85-92H,3-6,15-28H2,1-2H3,(H,69,93)(H,70,94)(H,73,82)(H,74,83)(H,95,96)(H,97,98)(H,99,100,101)(H,102,103,104)(H,105,106,107)(H,108,109,110)(H,111,112,113)(H,114,115,116)/t33?,34?,35?,36?,37?,38?,39?,43?,44?,45-,46-,47+,48+,49-,50-,51+,52+,53+,54+,55-,56-,57?,58?,59?,60?,65+,66+,67-,68-/m1/s1. The Hall–Kier alpha value is -6.63. The van der Waals surface area contributed by atoms with Crippen molar-refractivity contribution in [3.8, 4) is 0 Å². The largest absolute Gasteiger partial charge is 0.479 e. The fourth-order valence-electron chi connectivity index (χ4n) is 13.9. The number of methoxy groups -OCH3 is 2. The third kappa shape index (κ3) is 37.8. The molecule has 7 rings (SSSR count). The Labute approximate surface area is 792 Å². The SMILES string of the molecule is CO[C@H]1C(COS(=O)(=O)O)O[C@@H](O[C@H]2C(C(=O)O)O[C@@H](OCC(O)[C@H](O)[C@H](O)C(O)CNc3ccc(C(=O)NCCN(CCNC(=O)c4ccc(NCC(O)[C@@H](O)[C@@H](O)C(O)CO[C@@H]5OC(C(=O)O)[C@H](O[C@@H]6OC(COS(=O)(=O)O)[C@H](OC)[C@H](O)C6NS(=O)(=O)O)[C@H](O)C5OS(=O)(=O)O)cc4)C(=O)CNC(=O)CNC(=O)CCCCC4CCSS4)cc3)C(OS(=O)(=O)O)[C@H]2O)C(NS(=O)(=O)O)[C@H]1O. The van der Waals surface area contributed by atoms with Gasteiger partial charge in [0.05, 0.1) is 51.7 Å². The van der Waals surface area contributed by atoms with Crippen molar-refractivity contribution in [2.75, 3.05) is 109 Å². The van der Waals surface area contributed by atoms with Gasteiger partial charge >= 0.3 is 74.1 Å². The van der Waals surface area contributed by atoms with Crippen LogP contribution in [0.25, 0.3) is 0 Å². The molecule has 0 saturated carbocycles. The third-order valence-electron chi connectivity index (χ3n) is 20.7. The van der Waals surface area contributed by atoms with Gasteiger partial charge in [-0.1, -0.05) is 28.0 Å². The van der Waals surface area contributed by atoms with Crippen molar-refractivity contribution in [2.45, 2.75) is 209 Å². The van der Waals surface area contributed by atoms with Crippen LogP contribution < -0.4 is 41.3 Å². The van der Waals surface area contributed by atoms with Gasteiger partial charge in [0.2, 0.25) is 17.7 Å². The Morgan fingerprint density at radius 3 is 1.20 bits per heavy atom.